The Balaban J connectivity index is 2.12. The van der Waals surface area contributed by atoms with Gasteiger partial charge in [-0.1, -0.05) is 61.0 Å². The van der Waals surface area contributed by atoms with Crippen LogP contribution in [0.3, 0.4) is 0 Å². The highest BCUT2D eigenvalue weighted by Crippen LogP contribution is 2.21. The molecule has 2 rings (SSSR count). The van der Waals surface area contributed by atoms with E-state index in [1.165, 1.54) is 9.87 Å². The number of sulfonamides is 1. The van der Waals surface area contributed by atoms with Crippen LogP contribution in [0.2, 0.25) is 0 Å². The molecule has 2 aromatic rings. The lowest BCUT2D eigenvalue weighted by molar-refractivity contribution is -0.122. The molecule has 0 bridgehead atoms. The summed E-state index contributed by atoms with van der Waals surface area (Å²) in [5.41, 5.74) is 4.19. The molecular formula is C21H28N2O3S. The molecule has 0 saturated heterocycles. The standard InChI is InChI=1S/C21H28N2O3S/c1-5-20(19-12-11-16(2)13-17(19)3)22-21(24)15-23(27(4,25)26)14-18-9-7-6-8-10-18/h6-13,20H,5,14-15H2,1-4H3,(H,22,24)/t20-/m0/s1. The van der Waals surface area contributed by atoms with Gasteiger partial charge in [0, 0.05) is 6.54 Å². The van der Waals surface area contributed by atoms with Gasteiger partial charge in [0.05, 0.1) is 18.8 Å². The van der Waals surface area contributed by atoms with Gasteiger partial charge in [0.15, 0.2) is 0 Å². The van der Waals surface area contributed by atoms with Crippen molar-refractivity contribution < 1.29 is 13.2 Å². The van der Waals surface area contributed by atoms with Crippen molar-refractivity contribution in [2.45, 2.75) is 39.8 Å². The number of carbonyl (C=O) groups is 1. The maximum Gasteiger partial charge on any atom is 0.235 e. The number of nitrogens with one attached hydrogen (secondary N) is 1. The quantitative estimate of drug-likeness (QED) is 0.754. The molecule has 0 aromatic heterocycles. The fraction of sp³-hybridized carbons (Fsp3) is 0.381. The number of amides is 1. The Labute approximate surface area is 162 Å². The summed E-state index contributed by atoms with van der Waals surface area (Å²) in [4.78, 5) is 12.6. The van der Waals surface area contributed by atoms with Crippen LogP contribution in [0.4, 0.5) is 0 Å². The zero-order valence-electron chi connectivity index (χ0n) is 16.4. The molecule has 27 heavy (non-hydrogen) atoms. The molecule has 0 aliphatic carbocycles. The van der Waals surface area contributed by atoms with E-state index in [0.717, 1.165) is 29.4 Å². The molecule has 0 saturated carbocycles. The highest BCUT2D eigenvalue weighted by atomic mass is 32.2. The van der Waals surface area contributed by atoms with Gasteiger partial charge in [-0.3, -0.25) is 4.79 Å². The molecule has 1 amide bonds. The van der Waals surface area contributed by atoms with Crippen molar-refractivity contribution in [3.05, 3.63) is 70.8 Å². The van der Waals surface area contributed by atoms with Crippen LogP contribution in [0, 0.1) is 13.8 Å². The molecule has 0 radical (unpaired) electrons. The first-order valence-electron chi connectivity index (χ1n) is 9.06. The highest BCUT2D eigenvalue weighted by molar-refractivity contribution is 7.88. The molecule has 0 aliphatic heterocycles. The van der Waals surface area contributed by atoms with Crippen LogP contribution in [0.1, 0.15) is 41.6 Å². The molecule has 1 atom stereocenters. The van der Waals surface area contributed by atoms with Crippen molar-refractivity contribution >= 4 is 15.9 Å². The summed E-state index contributed by atoms with van der Waals surface area (Å²) >= 11 is 0. The van der Waals surface area contributed by atoms with E-state index >= 15 is 0 Å². The van der Waals surface area contributed by atoms with Gasteiger partial charge in [-0.15, -0.1) is 0 Å². The second kappa shape index (κ2) is 9.15. The molecular weight excluding hydrogens is 360 g/mol. The van der Waals surface area contributed by atoms with E-state index in [1.807, 2.05) is 63.2 Å². The molecule has 0 spiro atoms. The molecule has 0 fully saturated rings. The molecule has 0 unspecified atom stereocenters. The normalized spacial score (nSPS) is 12.8. The highest BCUT2D eigenvalue weighted by Gasteiger charge is 2.22. The van der Waals surface area contributed by atoms with Crippen molar-refractivity contribution in [2.24, 2.45) is 0 Å². The third-order valence-electron chi connectivity index (χ3n) is 4.53. The van der Waals surface area contributed by atoms with Gasteiger partial charge >= 0.3 is 0 Å². The zero-order chi connectivity index (χ0) is 20.0. The summed E-state index contributed by atoms with van der Waals surface area (Å²) in [6.45, 7) is 6.03. The minimum absolute atomic E-state index is 0.142. The Morgan fingerprint density at radius 2 is 1.78 bits per heavy atom. The van der Waals surface area contributed by atoms with Gasteiger partial charge in [-0.25, -0.2) is 8.42 Å². The molecule has 5 nitrogen and oxygen atoms in total. The summed E-state index contributed by atoms with van der Waals surface area (Å²) in [7, 11) is -3.51. The van der Waals surface area contributed by atoms with Crippen LogP contribution >= 0.6 is 0 Å². The van der Waals surface area contributed by atoms with Gasteiger partial charge in [-0.2, -0.15) is 4.31 Å². The van der Waals surface area contributed by atoms with Crippen molar-refractivity contribution in [2.75, 3.05) is 12.8 Å². The number of rotatable bonds is 8. The Kier molecular flexibility index (Phi) is 7.16. The average Bonchev–Trinajstić information content (AvgIpc) is 2.60. The van der Waals surface area contributed by atoms with E-state index in [9.17, 15) is 13.2 Å². The van der Waals surface area contributed by atoms with E-state index in [4.69, 9.17) is 0 Å². The number of hydrogen-bond donors (Lipinski definition) is 1. The number of benzene rings is 2. The summed E-state index contributed by atoms with van der Waals surface area (Å²) in [5, 5.41) is 2.99. The van der Waals surface area contributed by atoms with Crippen molar-refractivity contribution in [1.82, 2.24) is 9.62 Å². The molecule has 0 aliphatic rings. The number of aryl methyl sites for hydroxylation is 2. The first-order chi connectivity index (χ1) is 12.7. The first-order valence-corrected chi connectivity index (χ1v) is 10.9. The summed E-state index contributed by atoms with van der Waals surface area (Å²) < 4.78 is 25.5. The third-order valence-corrected chi connectivity index (χ3v) is 5.73. The van der Waals surface area contributed by atoms with E-state index in [0.29, 0.717) is 0 Å². The van der Waals surface area contributed by atoms with Gasteiger partial charge in [-0.05, 0) is 37.0 Å². The second-order valence-corrected chi connectivity index (χ2v) is 8.89. The van der Waals surface area contributed by atoms with Crippen LogP contribution < -0.4 is 5.32 Å². The third kappa shape index (κ3) is 6.19. The Hall–Kier alpha value is -2.18. The number of carbonyl (C=O) groups excluding carboxylic acids is 1. The second-order valence-electron chi connectivity index (χ2n) is 6.91. The average molecular weight is 389 g/mol. The fourth-order valence-electron chi connectivity index (χ4n) is 3.09. The fourth-order valence-corrected chi connectivity index (χ4v) is 3.83. The number of nitrogens with zero attached hydrogens (tertiary/aromatic N) is 1. The van der Waals surface area contributed by atoms with Crippen molar-refractivity contribution in [1.29, 1.82) is 0 Å². The minimum atomic E-state index is -3.51. The van der Waals surface area contributed by atoms with Crippen molar-refractivity contribution in [3.63, 3.8) is 0 Å². The number of hydrogen-bond acceptors (Lipinski definition) is 3. The topological polar surface area (TPSA) is 66.5 Å². The Morgan fingerprint density at radius 3 is 2.33 bits per heavy atom. The molecule has 2 aromatic carbocycles. The van der Waals surface area contributed by atoms with Crippen LogP contribution in [-0.4, -0.2) is 31.4 Å². The van der Waals surface area contributed by atoms with Crippen LogP contribution in [-0.2, 0) is 21.4 Å². The summed E-state index contributed by atoms with van der Waals surface area (Å²) in [6.07, 6.45) is 1.86. The van der Waals surface area contributed by atoms with E-state index in [1.54, 1.807) is 0 Å². The van der Waals surface area contributed by atoms with Crippen LogP contribution in [0.15, 0.2) is 48.5 Å². The van der Waals surface area contributed by atoms with E-state index in [-0.39, 0.29) is 25.0 Å². The van der Waals surface area contributed by atoms with Crippen LogP contribution in [0.5, 0.6) is 0 Å². The minimum Gasteiger partial charge on any atom is -0.348 e. The Bertz CT molecular complexity index is 880. The van der Waals surface area contributed by atoms with Gasteiger partial charge < -0.3 is 5.32 Å². The largest absolute Gasteiger partial charge is 0.348 e. The summed E-state index contributed by atoms with van der Waals surface area (Å²) in [5.74, 6) is -0.303. The monoisotopic (exact) mass is 388 g/mol. The van der Waals surface area contributed by atoms with Gasteiger partial charge in [0.25, 0.3) is 0 Å². The smallest absolute Gasteiger partial charge is 0.235 e. The predicted octanol–water partition coefficient (Wildman–Crippen LogP) is 3.33. The van der Waals surface area contributed by atoms with E-state index < -0.39 is 10.0 Å². The lowest BCUT2D eigenvalue weighted by atomic mass is 9.97. The predicted molar refractivity (Wildman–Crippen MR) is 109 cm³/mol. The first kappa shape index (κ1) is 21.1. The van der Waals surface area contributed by atoms with Gasteiger partial charge in [0.1, 0.15) is 0 Å². The molecule has 146 valence electrons. The maximum atomic E-state index is 12.6. The van der Waals surface area contributed by atoms with Gasteiger partial charge in [0.2, 0.25) is 15.9 Å². The molecule has 6 heteroatoms. The summed E-state index contributed by atoms with van der Waals surface area (Å²) in [6, 6.07) is 15.3. The maximum absolute atomic E-state index is 12.6. The van der Waals surface area contributed by atoms with E-state index in [2.05, 4.69) is 11.4 Å². The molecule has 0 heterocycles. The Morgan fingerprint density at radius 1 is 1.11 bits per heavy atom. The van der Waals surface area contributed by atoms with Crippen LogP contribution in [0.25, 0.3) is 0 Å². The SMILES string of the molecule is CC[C@H](NC(=O)CN(Cc1ccccc1)S(C)(=O)=O)c1ccc(C)cc1C. The lowest BCUT2D eigenvalue weighted by Crippen LogP contribution is -2.41. The zero-order valence-corrected chi connectivity index (χ0v) is 17.2. The molecule has 1 N–H and O–H groups in total. The van der Waals surface area contributed by atoms with Crippen molar-refractivity contribution in [3.8, 4) is 0 Å². The lowest BCUT2D eigenvalue weighted by Gasteiger charge is -2.23.